The van der Waals surface area contributed by atoms with Gasteiger partial charge in [-0.1, -0.05) is 0 Å². The van der Waals surface area contributed by atoms with Gasteiger partial charge in [-0.2, -0.15) is 0 Å². The molecule has 0 spiro atoms. The van der Waals surface area contributed by atoms with E-state index < -0.39 is 49.0 Å². The van der Waals surface area contributed by atoms with Crippen molar-refractivity contribution in [2.45, 2.75) is 157 Å². The third-order valence-corrected chi connectivity index (χ3v) is 36.1. The van der Waals surface area contributed by atoms with Gasteiger partial charge in [0.2, 0.25) is 0 Å². The van der Waals surface area contributed by atoms with Crippen LogP contribution in [-0.2, 0) is 0 Å². The van der Waals surface area contributed by atoms with E-state index in [9.17, 15) is 10.2 Å². The van der Waals surface area contributed by atoms with E-state index in [2.05, 4.69) is 49.7 Å². The Labute approximate surface area is 223 Å². The second-order valence-electron chi connectivity index (χ2n) is 11.0. The van der Waals surface area contributed by atoms with Gasteiger partial charge in [-0.25, -0.2) is 0 Å². The fourth-order valence-electron chi connectivity index (χ4n) is 5.26. The number of hydrogen-bond acceptors (Lipinski definition) is 2. The van der Waals surface area contributed by atoms with Crippen molar-refractivity contribution < 1.29 is 10.2 Å². The molecule has 0 fully saturated rings. The molecule has 2 N–H and O–H groups in total. The Hall–Kier alpha value is 0.997. The average molecular weight is 692 g/mol. The van der Waals surface area contributed by atoms with Crippen molar-refractivity contribution in [3.8, 4) is 0 Å². The van der Waals surface area contributed by atoms with Gasteiger partial charge in [-0.15, -0.1) is 0 Å². The molecule has 0 unspecified atom stereocenters. The second-order valence-corrected chi connectivity index (χ2v) is 37.1. The second kappa shape index (κ2) is 22.0. The zero-order chi connectivity index (χ0) is 25.7. The van der Waals surface area contributed by atoms with Crippen molar-refractivity contribution in [1.29, 1.82) is 0 Å². The Bertz CT molecular complexity index is 428. The molecule has 0 saturated heterocycles. The van der Waals surface area contributed by atoms with Crippen molar-refractivity contribution in [2.75, 3.05) is 0 Å². The third-order valence-electron chi connectivity index (χ3n) is 7.81. The van der Waals surface area contributed by atoms with E-state index in [0.29, 0.717) is 0 Å². The van der Waals surface area contributed by atoms with E-state index in [1.54, 1.807) is 0 Å². The van der Waals surface area contributed by atoms with Crippen LogP contribution in [0.25, 0.3) is 0 Å². The molecule has 202 valence electrons. The molecule has 4 heteroatoms. The fraction of sp³-hybridized carbons (Fsp3) is 0.867. The van der Waals surface area contributed by atoms with Crippen LogP contribution >= 0.6 is 0 Å². The third kappa shape index (κ3) is 15.3. The standard InChI is InChI=1S/C6H8O2.6C4H9.2Sn/c1-3-5(7)6(8)4-2;6*1-3-4-2;;/h1-8H;6*1,3-4H2,2H3;;/t5-,6-;;;;;;;;/m1......../s1. The van der Waals surface area contributed by atoms with Crippen LogP contribution < -0.4 is 0 Å². The zero-order valence-electron chi connectivity index (χ0n) is 24.1. The molecular weight excluding hydrogens is 630 g/mol. The molecule has 0 heterocycles. The predicted octanol–water partition coefficient (Wildman–Crippen LogP) is 9.60. The summed E-state index contributed by atoms with van der Waals surface area (Å²) in [7, 11) is 0. The molecule has 2 atom stereocenters. The molecule has 0 bridgehead atoms. The van der Waals surface area contributed by atoms with Gasteiger partial charge in [0.15, 0.2) is 0 Å². The van der Waals surface area contributed by atoms with Crippen LogP contribution in [0.2, 0.25) is 26.6 Å². The summed E-state index contributed by atoms with van der Waals surface area (Å²) in [5, 5.41) is 21.9. The number of hydrogen-bond donors (Lipinski definition) is 2. The first-order valence-electron chi connectivity index (χ1n) is 15.1. The predicted molar refractivity (Wildman–Crippen MR) is 160 cm³/mol. The van der Waals surface area contributed by atoms with E-state index in [1.807, 2.05) is 12.2 Å². The van der Waals surface area contributed by atoms with Crippen molar-refractivity contribution in [2.24, 2.45) is 0 Å². The molecule has 0 saturated carbocycles. The monoisotopic (exact) mass is 694 g/mol. The molecule has 0 radical (unpaired) electrons. The maximum atomic E-state index is 11.0. The molecule has 0 rings (SSSR count). The summed E-state index contributed by atoms with van der Waals surface area (Å²) >= 11 is -4.85. The van der Waals surface area contributed by atoms with Crippen molar-refractivity contribution >= 4 is 36.8 Å². The van der Waals surface area contributed by atoms with Crippen LogP contribution in [0.3, 0.4) is 0 Å². The van der Waals surface area contributed by atoms with Gasteiger partial charge in [-0.3, -0.25) is 0 Å². The fourth-order valence-corrected chi connectivity index (χ4v) is 34.0. The SMILES string of the molecule is CCC[CH2][Sn](/[CH]=C/[C@@H](O)[C@H](O)/C=[CH]/[Sn]([CH2]CCC)([CH2]CCC)[CH2]CCC)([CH2]CCC)[CH2]CCC. The van der Waals surface area contributed by atoms with E-state index in [1.165, 1.54) is 104 Å². The number of aliphatic hydroxyl groups is 2. The summed E-state index contributed by atoms with van der Waals surface area (Å²) in [4.78, 5) is 0. The molecule has 0 aromatic carbocycles. The normalized spacial score (nSPS) is 14.9. The summed E-state index contributed by atoms with van der Waals surface area (Å²) in [6.45, 7) is 13.8. The van der Waals surface area contributed by atoms with Crippen LogP contribution in [0.4, 0.5) is 0 Å². The van der Waals surface area contributed by atoms with Crippen molar-refractivity contribution in [3.63, 3.8) is 0 Å². The molecule has 34 heavy (non-hydrogen) atoms. The van der Waals surface area contributed by atoms with Crippen LogP contribution in [0, 0.1) is 0 Å². The van der Waals surface area contributed by atoms with Gasteiger partial charge in [0.05, 0.1) is 0 Å². The summed E-state index contributed by atoms with van der Waals surface area (Å²) in [6, 6.07) is 0. The molecule has 0 aliphatic rings. The minimum absolute atomic E-state index is 0.746. The van der Waals surface area contributed by atoms with Gasteiger partial charge in [0, 0.05) is 0 Å². The molecule has 0 aliphatic heterocycles. The minimum atomic E-state index is -2.42. The van der Waals surface area contributed by atoms with E-state index in [4.69, 9.17) is 0 Å². The summed E-state index contributed by atoms with van der Waals surface area (Å²) in [5.41, 5.74) is 0. The summed E-state index contributed by atoms with van der Waals surface area (Å²) in [6.07, 6.45) is 18.1. The Morgan fingerprint density at radius 2 is 0.647 bits per heavy atom. The first kappa shape index (κ1) is 35.0. The summed E-state index contributed by atoms with van der Waals surface area (Å²) in [5.74, 6) is 0. The zero-order valence-corrected chi connectivity index (χ0v) is 29.8. The first-order chi connectivity index (χ1) is 16.4. The van der Waals surface area contributed by atoms with E-state index in [-0.39, 0.29) is 0 Å². The van der Waals surface area contributed by atoms with Gasteiger partial charge < -0.3 is 0 Å². The van der Waals surface area contributed by atoms with Gasteiger partial charge in [-0.05, 0) is 0 Å². The number of rotatable bonds is 23. The van der Waals surface area contributed by atoms with Gasteiger partial charge in [0.1, 0.15) is 0 Å². The van der Waals surface area contributed by atoms with Crippen LogP contribution in [0.5, 0.6) is 0 Å². The molecule has 0 aromatic rings. The van der Waals surface area contributed by atoms with Crippen LogP contribution in [-0.4, -0.2) is 59.2 Å². The Morgan fingerprint density at radius 3 is 0.824 bits per heavy atom. The van der Waals surface area contributed by atoms with Crippen molar-refractivity contribution in [1.82, 2.24) is 0 Å². The van der Waals surface area contributed by atoms with Gasteiger partial charge >= 0.3 is 225 Å². The topological polar surface area (TPSA) is 40.5 Å². The van der Waals surface area contributed by atoms with Gasteiger partial charge in [0.25, 0.3) is 0 Å². The quantitative estimate of drug-likeness (QED) is 0.105. The number of unbranched alkanes of at least 4 members (excludes halogenated alkanes) is 6. The Balaban J connectivity index is 5.60. The molecular formula is C30H62O2Sn2. The maximum absolute atomic E-state index is 11.0. The number of aliphatic hydroxyl groups excluding tert-OH is 2. The van der Waals surface area contributed by atoms with Crippen molar-refractivity contribution in [3.05, 3.63) is 20.3 Å². The molecule has 2 nitrogen and oxygen atoms in total. The van der Waals surface area contributed by atoms with E-state index >= 15 is 0 Å². The average Bonchev–Trinajstić information content (AvgIpc) is 2.86. The molecule has 0 aliphatic carbocycles. The van der Waals surface area contributed by atoms with Crippen LogP contribution in [0.15, 0.2) is 20.3 Å². The Kier molecular flexibility index (Phi) is 22.7. The van der Waals surface area contributed by atoms with E-state index in [0.717, 1.165) is 0 Å². The Morgan fingerprint density at radius 1 is 0.441 bits per heavy atom. The van der Waals surface area contributed by atoms with Crippen LogP contribution in [0.1, 0.15) is 119 Å². The first-order valence-corrected chi connectivity index (χ1v) is 30.5. The molecule has 0 amide bonds. The molecule has 0 aromatic heterocycles. The summed E-state index contributed by atoms with van der Waals surface area (Å²) < 4.78 is 13.5.